The molecule has 0 bridgehead atoms. The molecule has 2 aliphatic rings. The first-order chi connectivity index (χ1) is 16.2. The maximum Gasteiger partial charge on any atom is 0.428 e. The number of hydrogen-bond donors (Lipinski definition) is 1. The highest BCUT2D eigenvalue weighted by molar-refractivity contribution is 7.20. The van der Waals surface area contributed by atoms with Crippen LogP contribution in [-0.2, 0) is 11.3 Å². The third kappa shape index (κ3) is 5.17. The zero-order chi connectivity index (χ0) is 25.8. The molecule has 8 nitrogen and oxygen atoms in total. The summed E-state index contributed by atoms with van der Waals surface area (Å²) in [7, 11) is 0. The van der Waals surface area contributed by atoms with Gasteiger partial charge in [-0.2, -0.15) is 18.3 Å². The van der Waals surface area contributed by atoms with Crippen molar-refractivity contribution in [1.29, 1.82) is 0 Å². The fraction of sp³-hybridized carbons (Fsp3) is 0.652. The monoisotopic (exact) mass is 514 g/mol. The van der Waals surface area contributed by atoms with E-state index in [1.54, 1.807) is 27.7 Å². The van der Waals surface area contributed by atoms with E-state index in [0.717, 1.165) is 39.7 Å². The molecule has 1 amide bonds. The van der Waals surface area contributed by atoms with Crippen LogP contribution < -0.4 is 16.7 Å². The number of nitrogens with one attached hydrogen (secondary N) is 1. The number of hydrazone groups is 1. The van der Waals surface area contributed by atoms with Gasteiger partial charge in [-0.05, 0) is 64.4 Å². The van der Waals surface area contributed by atoms with Gasteiger partial charge in [0.1, 0.15) is 10.4 Å². The first-order valence-electron chi connectivity index (χ1n) is 11.6. The van der Waals surface area contributed by atoms with E-state index in [4.69, 9.17) is 4.74 Å². The number of fused-ring (bicyclic) bond motifs is 1. The predicted octanol–water partition coefficient (Wildman–Crippen LogP) is 4.85. The Morgan fingerprint density at radius 1 is 1.26 bits per heavy atom. The number of carbonyl (C=O) groups excluding carboxylic acids is 1. The van der Waals surface area contributed by atoms with Crippen molar-refractivity contribution >= 4 is 33.9 Å². The van der Waals surface area contributed by atoms with Crippen molar-refractivity contribution in [2.24, 2.45) is 10.5 Å². The molecule has 1 spiro atoms. The van der Waals surface area contributed by atoms with Crippen LogP contribution in [0.4, 0.5) is 18.0 Å². The second-order valence-corrected chi connectivity index (χ2v) is 11.6. The van der Waals surface area contributed by atoms with Gasteiger partial charge in [-0.3, -0.25) is 13.9 Å². The molecule has 35 heavy (non-hydrogen) atoms. The van der Waals surface area contributed by atoms with Gasteiger partial charge in [0.25, 0.3) is 5.56 Å². The second kappa shape index (κ2) is 8.79. The van der Waals surface area contributed by atoms with E-state index in [-0.39, 0.29) is 21.7 Å². The Kier molecular flexibility index (Phi) is 6.40. The number of nitrogens with zero attached hydrogens (tertiary/aromatic N) is 3. The van der Waals surface area contributed by atoms with E-state index >= 15 is 0 Å². The number of aryl methyl sites for hydroxylation is 2. The standard InChI is InChI=1S/C23H29F3N4O4S/c1-13-15(12-27-28-19(32)34-21(2,3)4)35-18-16(13)17(31)30(14-10-22(11-14)6-5-7-22)20(33)29(18)9-8-23(24,25)26/h12,14H,5-11H2,1-4H3,(H,28,32). The Morgan fingerprint density at radius 3 is 2.46 bits per heavy atom. The molecule has 2 aromatic heterocycles. The Morgan fingerprint density at radius 2 is 1.91 bits per heavy atom. The van der Waals surface area contributed by atoms with Crippen molar-refractivity contribution in [3.63, 3.8) is 0 Å². The van der Waals surface area contributed by atoms with E-state index < -0.39 is 42.1 Å². The van der Waals surface area contributed by atoms with Crippen LogP contribution in [0.1, 0.15) is 75.8 Å². The lowest BCUT2D eigenvalue weighted by molar-refractivity contribution is -0.136. The quantitative estimate of drug-likeness (QED) is 0.456. The fourth-order valence-corrected chi connectivity index (χ4v) is 6.11. The molecule has 2 aromatic rings. The third-order valence-corrected chi connectivity index (χ3v) is 8.00. The summed E-state index contributed by atoms with van der Waals surface area (Å²) in [5.41, 5.74) is 0.997. The normalized spacial score (nSPS) is 18.1. The summed E-state index contributed by atoms with van der Waals surface area (Å²) in [6.07, 6.45) is -0.459. The molecular formula is C23H29F3N4O4S. The predicted molar refractivity (Wildman–Crippen MR) is 127 cm³/mol. The molecule has 2 fully saturated rings. The molecule has 0 radical (unpaired) electrons. The number of ether oxygens (including phenoxy) is 1. The molecule has 12 heteroatoms. The maximum absolute atomic E-state index is 13.4. The molecule has 0 saturated heterocycles. The second-order valence-electron chi connectivity index (χ2n) is 10.5. The van der Waals surface area contributed by atoms with Crippen LogP contribution in [0, 0.1) is 12.3 Å². The molecule has 0 aliphatic heterocycles. The van der Waals surface area contributed by atoms with Crippen LogP contribution in [-0.4, -0.2) is 33.2 Å². The highest BCUT2D eigenvalue weighted by Gasteiger charge is 2.49. The van der Waals surface area contributed by atoms with Crippen LogP contribution in [0.3, 0.4) is 0 Å². The Balaban J connectivity index is 1.72. The molecule has 0 aromatic carbocycles. The zero-order valence-electron chi connectivity index (χ0n) is 20.1. The van der Waals surface area contributed by atoms with Gasteiger partial charge in [-0.15, -0.1) is 11.3 Å². The SMILES string of the molecule is Cc1c(C=NNC(=O)OC(C)(C)C)sc2c1c(=O)n(C1CC3(CCC3)C1)c(=O)n2CCC(F)(F)F. The first kappa shape index (κ1) is 25.5. The van der Waals surface area contributed by atoms with E-state index in [2.05, 4.69) is 10.5 Å². The third-order valence-electron chi connectivity index (χ3n) is 6.75. The molecule has 2 aliphatic carbocycles. The van der Waals surface area contributed by atoms with Crippen molar-refractivity contribution in [1.82, 2.24) is 14.6 Å². The van der Waals surface area contributed by atoms with Crippen molar-refractivity contribution in [3.8, 4) is 0 Å². The summed E-state index contributed by atoms with van der Waals surface area (Å²) in [4.78, 5) is 39.2. The molecule has 2 heterocycles. The zero-order valence-corrected chi connectivity index (χ0v) is 20.9. The summed E-state index contributed by atoms with van der Waals surface area (Å²) in [6.45, 7) is 6.18. The molecule has 2 saturated carbocycles. The summed E-state index contributed by atoms with van der Waals surface area (Å²) in [5, 5.41) is 4.07. The van der Waals surface area contributed by atoms with Crippen LogP contribution in [0.15, 0.2) is 14.7 Å². The van der Waals surface area contributed by atoms with Gasteiger partial charge in [-0.1, -0.05) is 6.42 Å². The van der Waals surface area contributed by atoms with E-state index in [1.165, 1.54) is 6.21 Å². The van der Waals surface area contributed by atoms with Crippen LogP contribution in [0.5, 0.6) is 0 Å². The summed E-state index contributed by atoms with van der Waals surface area (Å²) in [5.74, 6) is 0. The molecule has 4 rings (SSSR count). The number of halogens is 3. The van der Waals surface area contributed by atoms with E-state index in [0.29, 0.717) is 23.3 Å². The minimum Gasteiger partial charge on any atom is -0.443 e. The van der Waals surface area contributed by atoms with Gasteiger partial charge < -0.3 is 4.74 Å². The number of carbonyl (C=O) groups is 1. The van der Waals surface area contributed by atoms with Crippen LogP contribution >= 0.6 is 11.3 Å². The van der Waals surface area contributed by atoms with E-state index in [1.807, 2.05) is 0 Å². The number of rotatable bonds is 5. The van der Waals surface area contributed by atoms with Gasteiger partial charge in [-0.25, -0.2) is 15.0 Å². The summed E-state index contributed by atoms with van der Waals surface area (Å²) < 4.78 is 46.4. The van der Waals surface area contributed by atoms with Gasteiger partial charge in [0, 0.05) is 12.6 Å². The van der Waals surface area contributed by atoms with Gasteiger partial charge >= 0.3 is 18.0 Å². The molecular weight excluding hydrogens is 485 g/mol. The Labute approximate surface area is 203 Å². The van der Waals surface area contributed by atoms with Crippen LogP contribution in [0.25, 0.3) is 10.2 Å². The topological polar surface area (TPSA) is 94.7 Å². The van der Waals surface area contributed by atoms with E-state index in [9.17, 15) is 27.6 Å². The van der Waals surface area contributed by atoms with Crippen molar-refractivity contribution < 1.29 is 22.7 Å². The number of hydrogen-bond acceptors (Lipinski definition) is 6. The average Bonchev–Trinajstić information content (AvgIpc) is 2.96. The number of aromatic nitrogens is 2. The van der Waals surface area contributed by atoms with Gasteiger partial charge in [0.05, 0.1) is 22.9 Å². The molecule has 0 unspecified atom stereocenters. The highest BCUT2D eigenvalue weighted by atomic mass is 32.1. The minimum atomic E-state index is -4.45. The number of amides is 1. The summed E-state index contributed by atoms with van der Waals surface area (Å²) in [6, 6.07) is -0.304. The molecule has 192 valence electrons. The van der Waals surface area contributed by atoms with Crippen molar-refractivity contribution in [2.75, 3.05) is 0 Å². The Hall–Kier alpha value is -2.63. The lowest BCUT2D eigenvalue weighted by Crippen LogP contribution is -2.51. The maximum atomic E-state index is 13.4. The highest BCUT2D eigenvalue weighted by Crippen LogP contribution is 2.59. The lowest BCUT2D eigenvalue weighted by Gasteiger charge is -2.54. The fourth-order valence-electron chi connectivity index (χ4n) is 4.91. The smallest absolute Gasteiger partial charge is 0.428 e. The number of alkyl halides is 3. The summed E-state index contributed by atoms with van der Waals surface area (Å²) >= 11 is 0.997. The first-order valence-corrected chi connectivity index (χ1v) is 12.4. The lowest BCUT2D eigenvalue weighted by atomic mass is 9.54. The van der Waals surface area contributed by atoms with Gasteiger partial charge in [0.2, 0.25) is 0 Å². The van der Waals surface area contributed by atoms with Gasteiger partial charge in [0.15, 0.2) is 0 Å². The van der Waals surface area contributed by atoms with Crippen LogP contribution in [0.2, 0.25) is 0 Å². The Bertz CT molecular complexity index is 1290. The largest absolute Gasteiger partial charge is 0.443 e. The number of thiophene rings is 1. The average molecular weight is 515 g/mol. The minimum absolute atomic E-state index is 0.175. The molecule has 0 atom stereocenters. The van der Waals surface area contributed by atoms with Crippen molar-refractivity contribution in [2.45, 2.75) is 90.6 Å². The van der Waals surface area contributed by atoms with Crippen molar-refractivity contribution in [3.05, 3.63) is 31.3 Å². The molecule has 1 N–H and O–H groups in total.